The monoisotopic (exact) mass is 383 g/mol. The number of rotatable bonds is 5. The van der Waals surface area contributed by atoms with Crippen LogP contribution in [0.4, 0.5) is 5.69 Å². The summed E-state index contributed by atoms with van der Waals surface area (Å²) in [6.45, 7) is 6.10. The van der Waals surface area contributed by atoms with Crippen molar-refractivity contribution >= 4 is 46.0 Å². The van der Waals surface area contributed by atoms with E-state index in [1.54, 1.807) is 4.90 Å². The van der Waals surface area contributed by atoms with E-state index in [2.05, 4.69) is 6.92 Å². The molecule has 26 heavy (non-hydrogen) atoms. The highest BCUT2D eigenvalue weighted by Gasteiger charge is 2.34. The first-order valence-corrected chi connectivity index (χ1v) is 9.83. The predicted octanol–water partition coefficient (Wildman–Crippen LogP) is 5.58. The number of amides is 1. The number of thioether (sulfide) groups is 1. The van der Waals surface area contributed by atoms with E-state index in [0.29, 0.717) is 9.23 Å². The lowest BCUT2D eigenvalue weighted by Gasteiger charge is -2.17. The summed E-state index contributed by atoms with van der Waals surface area (Å²) in [4.78, 5) is 15.2. The molecule has 0 bridgehead atoms. The second kappa shape index (κ2) is 8.06. The van der Waals surface area contributed by atoms with Crippen molar-refractivity contribution in [3.8, 4) is 5.75 Å². The summed E-state index contributed by atoms with van der Waals surface area (Å²) in [5, 5.41) is 0. The lowest BCUT2D eigenvalue weighted by molar-refractivity contribution is -0.113. The maximum absolute atomic E-state index is 13.0. The Morgan fingerprint density at radius 1 is 1.19 bits per heavy atom. The van der Waals surface area contributed by atoms with Crippen LogP contribution < -0.4 is 9.64 Å². The van der Waals surface area contributed by atoms with Gasteiger partial charge in [0.25, 0.3) is 5.91 Å². The van der Waals surface area contributed by atoms with Crippen molar-refractivity contribution in [3.05, 3.63) is 64.6 Å². The fraction of sp³-hybridized carbons (Fsp3) is 0.238. The smallest absolute Gasteiger partial charge is 0.270 e. The molecule has 0 aromatic heterocycles. The van der Waals surface area contributed by atoms with E-state index in [1.807, 2.05) is 68.5 Å². The number of hydrogen-bond donors (Lipinski definition) is 0. The minimum atomic E-state index is -0.0901. The van der Waals surface area contributed by atoms with Gasteiger partial charge in [0.2, 0.25) is 0 Å². The lowest BCUT2D eigenvalue weighted by Crippen LogP contribution is -2.28. The van der Waals surface area contributed by atoms with E-state index in [1.165, 1.54) is 11.8 Å². The molecule has 0 radical (unpaired) electrons. The van der Waals surface area contributed by atoms with Gasteiger partial charge in [-0.2, -0.15) is 0 Å². The highest BCUT2D eigenvalue weighted by atomic mass is 32.2. The van der Waals surface area contributed by atoms with Crippen molar-refractivity contribution in [2.75, 3.05) is 4.90 Å². The molecule has 0 unspecified atom stereocenters. The molecule has 0 aliphatic carbocycles. The number of thiocarbonyl (C=S) groups is 1. The third-order valence-corrected chi connectivity index (χ3v) is 5.56. The fourth-order valence-electron chi connectivity index (χ4n) is 2.64. The number of nitrogens with zero attached hydrogens (tertiary/aromatic N) is 1. The summed E-state index contributed by atoms with van der Waals surface area (Å²) in [5.41, 5.74) is 2.74. The van der Waals surface area contributed by atoms with Crippen LogP contribution in [0, 0.1) is 6.92 Å². The maximum Gasteiger partial charge on any atom is 0.270 e. The van der Waals surface area contributed by atoms with Gasteiger partial charge < -0.3 is 4.74 Å². The van der Waals surface area contributed by atoms with Crippen LogP contribution in [0.3, 0.4) is 0 Å². The standard InChI is InChI=1S/C21H21NO2S2/c1-4-15(3)24-18-12-8-6-10-16(18)13-19-20(23)22(21(25)26-19)17-11-7-5-9-14(17)2/h5-13,15H,4H2,1-3H3/b19-13+/t15-/m0/s1. The molecule has 2 aromatic rings. The molecule has 1 atom stereocenters. The average molecular weight is 384 g/mol. The summed E-state index contributed by atoms with van der Waals surface area (Å²) in [5.74, 6) is 0.690. The Balaban J connectivity index is 1.93. The Bertz CT molecular complexity index is 876. The van der Waals surface area contributed by atoms with Crippen LogP contribution in [-0.2, 0) is 4.79 Å². The van der Waals surface area contributed by atoms with Gasteiger partial charge in [-0.05, 0) is 44.0 Å². The number of benzene rings is 2. The number of carbonyl (C=O) groups excluding carboxylic acids is 1. The van der Waals surface area contributed by atoms with Gasteiger partial charge in [-0.3, -0.25) is 9.69 Å². The summed E-state index contributed by atoms with van der Waals surface area (Å²) in [6.07, 6.45) is 2.91. The minimum absolute atomic E-state index is 0.0901. The molecule has 3 rings (SSSR count). The average Bonchev–Trinajstić information content (AvgIpc) is 2.91. The third-order valence-electron chi connectivity index (χ3n) is 4.26. The van der Waals surface area contributed by atoms with Crippen molar-refractivity contribution in [2.45, 2.75) is 33.3 Å². The number of ether oxygens (including phenoxy) is 1. The number of para-hydroxylation sites is 2. The van der Waals surface area contributed by atoms with E-state index >= 15 is 0 Å². The van der Waals surface area contributed by atoms with E-state index in [0.717, 1.165) is 29.0 Å². The van der Waals surface area contributed by atoms with Gasteiger partial charge >= 0.3 is 0 Å². The van der Waals surface area contributed by atoms with Crippen molar-refractivity contribution in [1.29, 1.82) is 0 Å². The van der Waals surface area contributed by atoms with Crippen LogP contribution >= 0.6 is 24.0 Å². The molecule has 1 fully saturated rings. The zero-order valence-electron chi connectivity index (χ0n) is 15.1. The number of aryl methyl sites for hydroxylation is 1. The molecule has 0 saturated carbocycles. The molecular weight excluding hydrogens is 362 g/mol. The van der Waals surface area contributed by atoms with Crippen molar-refractivity contribution < 1.29 is 9.53 Å². The molecule has 2 aromatic carbocycles. The zero-order valence-corrected chi connectivity index (χ0v) is 16.7. The Labute approximate surface area is 164 Å². The van der Waals surface area contributed by atoms with E-state index in [-0.39, 0.29) is 12.0 Å². The van der Waals surface area contributed by atoms with E-state index in [9.17, 15) is 4.79 Å². The fourth-order valence-corrected chi connectivity index (χ4v) is 3.91. The molecule has 5 heteroatoms. The summed E-state index contributed by atoms with van der Waals surface area (Å²) in [7, 11) is 0. The number of anilines is 1. The second-order valence-electron chi connectivity index (χ2n) is 6.18. The lowest BCUT2D eigenvalue weighted by atomic mass is 10.1. The van der Waals surface area contributed by atoms with Crippen molar-refractivity contribution in [3.63, 3.8) is 0 Å². The molecule has 1 heterocycles. The van der Waals surface area contributed by atoms with Gasteiger partial charge in [0, 0.05) is 5.56 Å². The van der Waals surface area contributed by atoms with Gasteiger partial charge in [0.05, 0.1) is 16.7 Å². The number of hydrogen-bond acceptors (Lipinski definition) is 4. The van der Waals surface area contributed by atoms with Gasteiger partial charge in [-0.1, -0.05) is 67.3 Å². The molecule has 0 N–H and O–H groups in total. The molecule has 3 nitrogen and oxygen atoms in total. The largest absolute Gasteiger partial charge is 0.490 e. The van der Waals surface area contributed by atoms with Crippen LogP contribution in [0.2, 0.25) is 0 Å². The van der Waals surface area contributed by atoms with Crippen LogP contribution in [0.1, 0.15) is 31.4 Å². The molecule has 134 valence electrons. The topological polar surface area (TPSA) is 29.5 Å². The van der Waals surface area contributed by atoms with Crippen LogP contribution in [0.25, 0.3) is 6.08 Å². The molecule has 1 saturated heterocycles. The van der Waals surface area contributed by atoms with E-state index in [4.69, 9.17) is 17.0 Å². The normalized spacial score (nSPS) is 17.0. The Morgan fingerprint density at radius 3 is 2.62 bits per heavy atom. The Morgan fingerprint density at radius 2 is 1.88 bits per heavy atom. The van der Waals surface area contributed by atoms with Crippen LogP contribution in [-0.4, -0.2) is 16.3 Å². The van der Waals surface area contributed by atoms with Gasteiger partial charge in [0.1, 0.15) is 5.75 Å². The summed E-state index contributed by atoms with van der Waals surface area (Å²) >= 11 is 6.80. The van der Waals surface area contributed by atoms with Crippen LogP contribution in [0.5, 0.6) is 5.75 Å². The SMILES string of the molecule is CC[C@H](C)Oc1ccccc1/C=C1/SC(=S)N(c2ccccc2C)C1=O. The maximum atomic E-state index is 13.0. The zero-order chi connectivity index (χ0) is 18.7. The molecule has 1 aliphatic heterocycles. The molecule has 1 aliphatic rings. The Kier molecular flexibility index (Phi) is 5.79. The first kappa shape index (κ1) is 18.7. The quantitative estimate of drug-likeness (QED) is 0.498. The first-order chi connectivity index (χ1) is 12.5. The van der Waals surface area contributed by atoms with Gasteiger partial charge in [-0.15, -0.1) is 0 Å². The molecule has 1 amide bonds. The second-order valence-corrected chi connectivity index (χ2v) is 7.85. The third kappa shape index (κ3) is 3.84. The summed E-state index contributed by atoms with van der Waals surface area (Å²) < 4.78 is 6.54. The highest BCUT2D eigenvalue weighted by Crippen LogP contribution is 2.38. The molecule has 0 spiro atoms. The minimum Gasteiger partial charge on any atom is -0.490 e. The Hall–Kier alpha value is -2.11. The van der Waals surface area contributed by atoms with Crippen molar-refractivity contribution in [1.82, 2.24) is 0 Å². The van der Waals surface area contributed by atoms with Gasteiger partial charge in [0.15, 0.2) is 4.32 Å². The number of carbonyl (C=O) groups is 1. The van der Waals surface area contributed by atoms with Crippen LogP contribution in [0.15, 0.2) is 53.4 Å². The first-order valence-electron chi connectivity index (χ1n) is 8.60. The predicted molar refractivity (Wildman–Crippen MR) is 114 cm³/mol. The summed E-state index contributed by atoms with van der Waals surface area (Å²) in [6, 6.07) is 15.5. The van der Waals surface area contributed by atoms with Gasteiger partial charge in [-0.25, -0.2) is 0 Å². The molecular formula is C21H21NO2S2. The van der Waals surface area contributed by atoms with E-state index < -0.39 is 0 Å². The van der Waals surface area contributed by atoms with Crippen molar-refractivity contribution in [2.24, 2.45) is 0 Å². The highest BCUT2D eigenvalue weighted by molar-refractivity contribution is 8.27.